The number of nitrogens with zero attached hydrogens (tertiary/aromatic N) is 2. The summed E-state index contributed by atoms with van der Waals surface area (Å²) in [5.74, 6) is 0. The fraction of sp³-hybridized carbons (Fsp3) is 0.294. The maximum Gasteiger partial charge on any atom is 0.418 e. The van der Waals surface area contributed by atoms with Gasteiger partial charge in [-0.05, 0) is 30.3 Å². The standard InChI is InChI=1S/C17H18F3N3/c18-17(19,20)15-12-13(21)6-7-16(15)23-10-8-22(9-11-23)14-4-2-1-3-5-14/h1-7,12H,8-11,21H2. The summed E-state index contributed by atoms with van der Waals surface area (Å²) in [6.07, 6.45) is -4.40. The molecule has 0 bridgehead atoms. The Balaban J connectivity index is 1.78. The molecule has 0 radical (unpaired) electrons. The normalized spacial score (nSPS) is 15.8. The molecule has 0 spiro atoms. The van der Waals surface area contributed by atoms with Gasteiger partial charge in [-0.3, -0.25) is 0 Å². The number of nitrogen functional groups attached to an aromatic ring is 1. The van der Waals surface area contributed by atoms with E-state index in [1.165, 1.54) is 12.1 Å². The molecule has 1 saturated heterocycles. The average Bonchev–Trinajstić information content (AvgIpc) is 2.55. The van der Waals surface area contributed by atoms with Gasteiger partial charge in [-0.1, -0.05) is 18.2 Å². The second-order valence-electron chi connectivity index (χ2n) is 5.58. The van der Waals surface area contributed by atoms with Crippen molar-refractivity contribution < 1.29 is 13.2 Å². The highest BCUT2D eigenvalue weighted by Gasteiger charge is 2.35. The van der Waals surface area contributed by atoms with Crippen LogP contribution in [0.15, 0.2) is 48.5 Å². The Labute approximate surface area is 133 Å². The lowest BCUT2D eigenvalue weighted by atomic mass is 10.1. The SMILES string of the molecule is Nc1ccc(N2CCN(c3ccccc3)CC2)c(C(F)(F)F)c1. The number of alkyl halides is 3. The van der Waals surface area contributed by atoms with Gasteiger partial charge in [0.05, 0.1) is 5.56 Å². The summed E-state index contributed by atoms with van der Waals surface area (Å²) >= 11 is 0. The number of nitrogens with two attached hydrogens (primary N) is 1. The van der Waals surface area contributed by atoms with Crippen molar-refractivity contribution in [3.05, 3.63) is 54.1 Å². The minimum absolute atomic E-state index is 0.129. The molecule has 3 nitrogen and oxygen atoms in total. The van der Waals surface area contributed by atoms with E-state index in [-0.39, 0.29) is 11.4 Å². The minimum Gasteiger partial charge on any atom is -0.399 e. The van der Waals surface area contributed by atoms with Crippen molar-refractivity contribution in [3.8, 4) is 0 Å². The third-order valence-electron chi connectivity index (χ3n) is 4.07. The quantitative estimate of drug-likeness (QED) is 0.858. The maximum atomic E-state index is 13.2. The van der Waals surface area contributed by atoms with Crippen molar-refractivity contribution in [1.82, 2.24) is 0 Å². The molecule has 0 aliphatic carbocycles. The van der Waals surface area contributed by atoms with Gasteiger partial charge >= 0.3 is 6.18 Å². The van der Waals surface area contributed by atoms with E-state index in [0.717, 1.165) is 11.8 Å². The zero-order valence-electron chi connectivity index (χ0n) is 12.6. The van der Waals surface area contributed by atoms with Gasteiger partial charge in [0.25, 0.3) is 0 Å². The van der Waals surface area contributed by atoms with Gasteiger partial charge in [0, 0.05) is 43.2 Å². The highest BCUT2D eigenvalue weighted by Crippen LogP contribution is 2.38. The molecule has 0 aromatic heterocycles. The molecule has 2 aromatic rings. The van der Waals surface area contributed by atoms with Crippen LogP contribution < -0.4 is 15.5 Å². The van der Waals surface area contributed by atoms with Crippen molar-refractivity contribution in [2.75, 3.05) is 41.7 Å². The number of halogens is 3. The Bertz CT molecular complexity index is 663. The number of anilines is 3. The highest BCUT2D eigenvalue weighted by atomic mass is 19.4. The first-order valence-corrected chi connectivity index (χ1v) is 7.47. The van der Waals surface area contributed by atoms with E-state index in [0.29, 0.717) is 26.2 Å². The summed E-state index contributed by atoms with van der Waals surface area (Å²) in [5.41, 5.74) is 6.30. The lowest BCUT2D eigenvalue weighted by molar-refractivity contribution is -0.137. The van der Waals surface area contributed by atoms with Crippen molar-refractivity contribution in [3.63, 3.8) is 0 Å². The molecule has 3 rings (SSSR count). The van der Waals surface area contributed by atoms with Gasteiger partial charge in [-0.15, -0.1) is 0 Å². The van der Waals surface area contributed by atoms with Gasteiger partial charge in [0.2, 0.25) is 0 Å². The Morgan fingerprint density at radius 1 is 0.826 bits per heavy atom. The Morgan fingerprint density at radius 2 is 1.43 bits per heavy atom. The predicted octanol–water partition coefficient (Wildman–Crippen LogP) is 3.61. The van der Waals surface area contributed by atoms with Crippen LogP contribution in [-0.4, -0.2) is 26.2 Å². The van der Waals surface area contributed by atoms with Crippen LogP contribution in [0, 0.1) is 0 Å². The lowest BCUT2D eigenvalue weighted by Gasteiger charge is -2.38. The van der Waals surface area contributed by atoms with E-state index in [1.807, 2.05) is 30.3 Å². The second kappa shape index (κ2) is 6.02. The molecule has 1 aliphatic rings. The molecule has 2 aromatic carbocycles. The summed E-state index contributed by atoms with van der Waals surface area (Å²) in [5, 5.41) is 0. The van der Waals surface area contributed by atoms with E-state index in [4.69, 9.17) is 5.73 Å². The summed E-state index contributed by atoms with van der Waals surface area (Å²) < 4.78 is 39.7. The van der Waals surface area contributed by atoms with Gasteiger partial charge in [0.1, 0.15) is 0 Å². The molecule has 0 atom stereocenters. The van der Waals surface area contributed by atoms with Crippen molar-refractivity contribution in [2.45, 2.75) is 6.18 Å². The predicted molar refractivity (Wildman–Crippen MR) is 86.7 cm³/mol. The van der Waals surface area contributed by atoms with Crippen LogP contribution in [-0.2, 0) is 6.18 Å². The second-order valence-corrected chi connectivity index (χ2v) is 5.58. The smallest absolute Gasteiger partial charge is 0.399 e. The van der Waals surface area contributed by atoms with Crippen LogP contribution in [0.3, 0.4) is 0 Å². The monoisotopic (exact) mass is 321 g/mol. The first-order chi connectivity index (χ1) is 10.9. The van der Waals surface area contributed by atoms with E-state index in [2.05, 4.69) is 4.90 Å². The molecular formula is C17H18F3N3. The number of rotatable bonds is 2. The molecular weight excluding hydrogens is 303 g/mol. The maximum absolute atomic E-state index is 13.2. The molecule has 0 amide bonds. The van der Waals surface area contributed by atoms with Gasteiger partial charge < -0.3 is 15.5 Å². The van der Waals surface area contributed by atoms with Gasteiger partial charge in [0.15, 0.2) is 0 Å². The summed E-state index contributed by atoms with van der Waals surface area (Å²) in [4.78, 5) is 3.96. The third-order valence-corrected chi connectivity index (χ3v) is 4.07. The summed E-state index contributed by atoms with van der Waals surface area (Å²) in [6, 6.07) is 13.9. The fourth-order valence-electron chi connectivity index (χ4n) is 2.90. The zero-order chi connectivity index (χ0) is 16.4. The molecule has 1 fully saturated rings. The lowest BCUT2D eigenvalue weighted by Crippen LogP contribution is -2.47. The topological polar surface area (TPSA) is 32.5 Å². The number of hydrogen-bond donors (Lipinski definition) is 1. The molecule has 2 N–H and O–H groups in total. The van der Waals surface area contributed by atoms with Crippen molar-refractivity contribution >= 4 is 17.1 Å². The third kappa shape index (κ3) is 3.36. The Hall–Kier alpha value is -2.37. The van der Waals surface area contributed by atoms with Crippen molar-refractivity contribution in [1.29, 1.82) is 0 Å². The number of para-hydroxylation sites is 1. The largest absolute Gasteiger partial charge is 0.418 e. The first-order valence-electron chi connectivity index (χ1n) is 7.47. The summed E-state index contributed by atoms with van der Waals surface area (Å²) in [7, 11) is 0. The Morgan fingerprint density at radius 3 is 2.04 bits per heavy atom. The number of benzene rings is 2. The molecule has 1 aliphatic heterocycles. The average molecular weight is 321 g/mol. The van der Waals surface area contributed by atoms with Crippen LogP contribution in [0.2, 0.25) is 0 Å². The molecule has 23 heavy (non-hydrogen) atoms. The van der Waals surface area contributed by atoms with E-state index < -0.39 is 11.7 Å². The molecule has 0 saturated carbocycles. The number of piperazine rings is 1. The van der Waals surface area contributed by atoms with E-state index >= 15 is 0 Å². The van der Waals surface area contributed by atoms with Crippen LogP contribution in [0.25, 0.3) is 0 Å². The van der Waals surface area contributed by atoms with Crippen molar-refractivity contribution in [2.24, 2.45) is 0 Å². The van der Waals surface area contributed by atoms with Crippen LogP contribution in [0.4, 0.5) is 30.2 Å². The first kappa shape index (κ1) is 15.5. The van der Waals surface area contributed by atoms with Crippen LogP contribution >= 0.6 is 0 Å². The van der Waals surface area contributed by atoms with E-state index in [9.17, 15) is 13.2 Å². The molecule has 1 heterocycles. The fourth-order valence-corrected chi connectivity index (χ4v) is 2.90. The van der Waals surface area contributed by atoms with Crippen LogP contribution in [0.5, 0.6) is 0 Å². The molecule has 122 valence electrons. The Kier molecular flexibility index (Phi) is 4.07. The molecule has 6 heteroatoms. The zero-order valence-corrected chi connectivity index (χ0v) is 12.6. The molecule has 0 unspecified atom stereocenters. The summed E-state index contributed by atoms with van der Waals surface area (Å²) in [6.45, 7) is 2.46. The highest BCUT2D eigenvalue weighted by molar-refractivity contribution is 5.62. The van der Waals surface area contributed by atoms with Crippen LogP contribution in [0.1, 0.15) is 5.56 Å². The van der Waals surface area contributed by atoms with Gasteiger partial charge in [-0.25, -0.2) is 0 Å². The number of hydrogen-bond acceptors (Lipinski definition) is 3. The minimum atomic E-state index is -4.40. The van der Waals surface area contributed by atoms with E-state index in [1.54, 1.807) is 4.90 Å². The van der Waals surface area contributed by atoms with Gasteiger partial charge in [-0.2, -0.15) is 13.2 Å².